The highest BCUT2D eigenvalue weighted by Crippen LogP contribution is 2.36. The number of carbonyl (C=O) groups excluding carboxylic acids is 1. The number of fused-ring (bicyclic) bond motifs is 1. The molecule has 0 fully saturated rings. The van der Waals surface area contributed by atoms with Crippen LogP contribution in [-0.2, 0) is 6.18 Å². The van der Waals surface area contributed by atoms with E-state index in [1.54, 1.807) is 0 Å². The standard InChI is InChI=1S/C14H8F3N3O/c15-14(16,17)11-4-2-1-3-10(11)13-19-18-12-7-9(8-21)5-6-20(12)13/h1-8H. The first kappa shape index (κ1) is 13.3. The van der Waals surface area contributed by atoms with Gasteiger partial charge in [0.2, 0.25) is 0 Å². The van der Waals surface area contributed by atoms with E-state index in [4.69, 9.17) is 0 Å². The summed E-state index contributed by atoms with van der Waals surface area (Å²) in [7, 11) is 0. The molecule has 3 aromatic rings. The summed E-state index contributed by atoms with van der Waals surface area (Å²) < 4.78 is 40.6. The number of rotatable bonds is 2. The molecule has 0 N–H and O–H groups in total. The van der Waals surface area contributed by atoms with Crippen molar-refractivity contribution in [1.82, 2.24) is 14.6 Å². The van der Waals surface area contributed by atoms with Crippen LogP contribution in [0, 0.1) is 0 Å². The van der Waals surface area contributed by atoms with Crippen LogP contribution in [-0.4, -0.2) is 20.9 Å². The quantitative estimate of drug-likeness (QED) is 0.681. The average molecular weight is 291 g/mol. The van der Waals surface area contributed by atoms with Crippen molar-refractivity contribution in [3.8, 4) is 11.4 Å². The van der Waals surface area contributed by atoms with Crippen LogP contribution in [0.1, 0.15) is 15.9 Å². The highest BCUT2D eigenvalue weighted by molar-refractivity contribution is 5.77. The molecule has 106 valence electrons. The Balaban J connectivity index is 2.24. The fraction of sp³-hybridized carbons (Fsp3) is 0.0714. The van der Waals surface area contributed by atoms with Gasteiger partial charge in [-0.3, -0.25) is 9.20 Å². The third-order valence-electron chi connectivity index (χ3n) is 3.04. The molecule has 0 saturated heterocycles. The Bertz CT molecular complexity index is 824. The number of alkyl halides is 3. The summed E-state index contributed by atoms with van der Waals surface area (Å²) in [5.74, 6) is 0.0790. The van der Waals surface area contributed by atoms with E-state index in [9.17, 15) is 18.0 Å². The lowest BCUT2D eigenvalue weighted by atomic mass is 10.1. The Morgan fingerprint density at radius 3 is 2.57 bits per heavy atom. The van der Waals surface area contributed by atoms with Gasteiger partial charge >= 0.3 is 6.18 Å². The number of halogens is 3. The van der Waals surface area contributed by atoms with Gasteiger partial charge < -0.3 is 0 Å². The maximum absolute atomic E-state index is 13.1. The molecule has 0 bridgehead atoms. The van der Waals surface area contributed by atoms with Gasteiger partial charge in [0.25, 0.3) is 0 Å². The lowest BCUT2D eigenvalue weighted by Crippen LogP contribution is -2.08. The summed E-state index contributed by atoms with van der Waals surface area (Å²) in [5.41, 5.74) is -0.146. The summed E-state index contributed by atoms with van der Waals surface area (Å²) in [6, 6.07) is 8.11. The van der Waals surface area contributed by atoms with Gasteiger partial charge in [0.05, 0.1) is 5.56 Å². The number of pyridine rings is 1. The molecule has 0 amide bonds. The van der Waals surface area contributed by atoms with Crippen LogP contribution in [0.15, 0.2) is 42.6 Å². The van der Waals surface area contributed by atoms with Crippen molar-refractivity contribution in [2.45, 2.75) is 6.18 Å². The number of hydrogen-bond acceptors (Lipinski definition) is 3. The average Bonchev–Trinajstić information content (AvgIpc) is 2.89. The summed E-state index contributed by atoms with van der Waals surface area (Å²) >= 11 is 0. The minimum absolute atomic E-state index is 0.0589. The summed E-state index contributed by atoms with van der Waals surface area (Å²) in [4.78, 5) is 10.7. The summed E-state index contributed by atoms with van der Waals surface area (Å²) in [6.07, 6.45) is -2.37. The second-order valence-electron chi connectivity index (χ2n) is 4.37. The lowest BCUT2D eigenvalue weighted by Gasteiger charge is -2.11. The van der Waals surface area contributed by atoms with E-state index in [1.165, 1.54) is 40.9 Å². The normalized spacial score (nSPS) is 11.8. The molecule has 7 heteroatoms. The first-order chi connectivity index (χ1) is 10.0. The van der Waals surface area contributed by atoms with E-state index in [1.807, 2.05) is 0 Å². The molecule has 0 unspecified atom stereocenters. The maximum atomic E-state index is 13.1. The predicted octanol–water partition coefficient (Wildman–Crippen LogP) is 3.23. The van der Waals surface area contributed by atoms with Crippen LogP contribution < -0.4 is 0 Å². The molecule has 0 saturated carbocycles. The molecule has 2 heterocycles. The number of benzene rings is 1. The number of nitrogens with zero attached hydrogens (tertiary/aromatic N) is 3. The van der Waals surface area contributed by atoms with Crippen molar-refractivity contribution in [3.05, 3.63) is 53.7 Å². The van der Waals surface area contributed by atoms with Crippen molar-refractivity contribution in [2.75, 3.05) is 0 Å². The van der Waals surface area contributed by atoms with E-state index in [0.29, 0.717) is 17.5 Å². The number of aromatic nitrogens is 3. The Morgan fingerprint density at radius 1 is 1.10 bits per heavy atom. The fourth-order valence-electron chi connectivity index (χ4n) is 2.09. The molecule has 2 aromatic heterocycles. The second kappa shape index (κ2) is 4.69. The van der Waals surface area contributed by atoms with Crippen LogP contribution >= 0.6 is 0 Å². The third-order valence-corrected chi connectivity index (χ3v) is 3.04. The smallest absolute Gasteiger partial charge is 0.298 e. The lowest BCUT2D eigenvalue weighted by molar-refractivity contribution is -0.137. The molecule has 0 spiro atoms. The molecule has 0 aliphatic heterocycles. The van der Waals surface area contributed by atoms with Gasteiger partial charge in [0.1, 0.15) is 6.29 Å². The second-order valence-corrected chi connectivity index (χ2v) is 4.37. The van der Waals surface area contributed by atoms with E-state index in [-0.39, 0.29) is 11.4 Å². The Morgan fingerprint density at radius 2 is 1.86 bits per heavy atom. The van der Waals surface area contributed by atoms with Gasteiger partial charge in [-0.2, -0.15) is 13.2 Å². The number of aldehydes is 1. The van der Waals surface area contributed by atoms with Crippen LogP contribution in [0.5, 0.6) is 0 Å². The Labute approximate surface area is 116 Å². The highest BCUT2D eigenvalue weighted by Gasteiger charge is 2.34. The van der Waals surface area contributed by atoms with Gasteiger partial charge in [-0.25, -0.2) is 0 Å². The van der Waals surface area contributed by atoms with Gasteiger partial charge in [-0.1, -0.05) is 18.2 Å². The molecule has 0 radical (unpaired) electrons. The minimum Gasteiger partial charge on any atom is -0.298 e. The zero-order valence-electron chi connectivity index (χ0n) is 10.5. The highest BCUT2D eigenvalue weighted by atomic mass is 19.4. The molecule has 3 rings (SSSR count). The number of carbonyl (C=O) groups is 1. The SMILES string of the molecule is O=Cc1ccn2c(-c3ccccc3C(F)(F)F)nnc2c1. The van der Waals surface area contributed by atoms with Crippen LogP contribution in [0.3, 0.4) is 0 Å². The molecule has 21 heavy (non-hydrogen) atoms. The van der Waals surface area contributed by atoms with Crippen LogP contribution in [0.4, 0.5) is 13.2 Å². The first-order valence-electron chi connectivity index (χ1n) is 5.97. The van der Waals surface area contributed by atoms with Crippen molar-refractivity contribution >= 4 is 11.9 Å². The van der Waals surface area contributed by atoms with Gasteiger partial charge in [0, 0.05) is 17.3 Å². The zero-order valence-corrected chi connectivity index (χ0v) is 10.5. The summed E-state index contributed by atoms with van der Waals surface area (Å²) in [5, 5.41) is 7.63. The zero-order chi connectivity index (χ0) is 15.0. The summed E-state index contributed by atoms with van der Waals surface area (Å²) in [6.45, 7) is 0. The van der Waals surface area contributed by atoms with E-state index in [0.717, 1.165) is 6.07 Å². The van der Waals surface area contributed by atoms with Crippen molar-refractivity contribution in [2.24, 2.45) is 0 Å². The molecule has 4 nitrogen and oxygen atoms in total. The third kappa shape index (κ3) is 2.26. The minimum atomic E-state index is -4.48. The largest absolute Gasteiger partial charge is 0.417 e. The van der Waals surface area contributed by atoms with Gasteiger partial charge in [0.15, 0.2) is 11.5 Å². The molecule has 0 atom stereocenters. The molecule has 1 aromatic carbocycles. The fourth-order valence-corrected chi connectivity index (χ4v) is 2.09. The van der Waals surface area contributed by atoms with Crippen molar-refractivity contribution < 1.29 is 18.0 Å². The molecular weight excluding hydrogens is 283 g/mol. The Kier molecular flexibility index (Phi) is 2.97. The maximum Gasteiger partial charge on any atom is 0.417 e. The van der Waals surface area contributed by atoms with Crippen molar-refractivity contribution in [1.29, 1.82) is 0 Å². The van der Waals surface area contributed by atoms with Crippen LogP contribution in [0.25, 0.3) is 17.0 Å². The van der Waals surface area contributed by atoms with Crippen molar-refractivity contribution in [3.63, 3.8) is 0 Å². The molecule has 0 aliphatic carbocycles. The first-order valence-corrected chi connectivity index (χ1v) is 5.97. The van der Waals surface area contributed by atoms with E-state index in [2.05, 4.69) is 10.2 Å². The van der Waals surface area contributed by atoms with E-state index >= 15 is 0 Å². The van der Waals surface area contributed by atoms with E-state index < -0.39 is 11.7 Å². The molecule has 0 aliphatic rings. The van der Waals surface area contributed by atoms with Gasteiger partial charge in [-0.15, -0.1) is 10.2 Å². The van der Waals surface area contributed by atoms with Crippen LogP contribution in [0.2, 0.25) is 0 Å². The predicted molar refractivity (Wildman–Crippen MR) is 68.8 cm³/mol. The topological polar surface area (TPSA) is 47.3 Å². The molecular formula is C14H8F3N3O. The Hall–Kier alpha value is -2.70. The van der Waals surface area contributed by atoms with Gasteiger partial charge in [-0.05, 0) is 18.2 Å². The number of hydrogen-bond donors (Lipinski definition) is 0. The monoisotopic (exact) mass is 291 g/mol.